The molecule has 0 aromatic rings. The molecule has 2 aliphatic rings. The summed E-state index contributed by atoms with van der Waals surface area (Å²) in [6.07, 6.45) is 8.58. The first-order chi connectivity index (χ1) is 10.1. The highest BCUT2D eigenvalue weighted by atomic mass is 16.5. The van der Waals surface area contributed by atoms with Gasteiger partial charge in [0.05, 0.1) is 6.10 Å². The van der Waals surface area contributed by atoms with Gasteiger partial charge in [0.1, 0.15) is 0 Å². The van der Waals surface area contributed by atoms with Crippen molar-refractivity contribution in [3.63, 3.8) is 0 Å². The van der Waals surface area contributed by atoms with Crippen LogP contribution >= 0.6 is 0 Å². The summed E-state index contributed by atoms with van der Waals surface area (Å²) in [5.41, 5.74) is 5.98. The number of amides is 1. The molecule has 122 valence electrons. The third-order valence-electron chi connectivity index (χ3n) is 5.03. The third kappa shape index (κ3) is 4.68. The van der Waals surface area contributed by atoms with Crippen molar-refractivity contribution in [3.05, 3.63) is 0 Å². The maximum atomic E-state index is 12.6. The highest BCUT2D eigenvalue weighted by molar-refractivity contribution is 5.77. The van der Waals surface area contributed by atoms with Gasteiger partial charge in [0.25, 0.3) is 0 Å². The molecule has 2 fully saturated rings. The van der Waals surface area contributed by atoms with Gasteiger partial charge in [-0.05, 0) is 57.8 Å². The minimum Gasteiger partial charge on any atom is -0.378 e. The van der Waals surface area contributed by atoms with Crippen molar-refractivity contribution in [1.29, 1.82) is 0 Å². The van der Waals surface area contributed by atoms with E-state index in [0.717, 1.165) is 58.1 Å². The van der Waals surface area contributed by atoms with Gasteiger partial charge < -0.3 is 15.4 Å². The van der Waals surface area contributed by atoms with E-state index in [1.165, 1.54) is 0 Å². The molecule has 0 aromatic heterocycles. The molecule has 2 rings (SSSR count). The molecular formula is C17H32N2O2. The van der Waals surface area contributed by atoms with Crippen LogP contribution in [0.4, 0.5) is 0 Å². The molecule has 2 N–H and O–H groups in total. The van der Waals surface area contributed by atoms with Crippen LogP contribution in [0.5, 0.6) is 0 Å². The molecule has 1 amide bonds. The normalized spacial score (nSPS) is 32.5. The summed E-state index contributed by atoms with van der Waals surface area (Å²) in [4.78, 5) is 14.8. The van der Waals surface area contributed by atoms with Crippen molar-refractivity contribution in [3.8, 4) is 0 Å². The molecule has 0 bridgehead atoms. The smallest absolute Gasteiger partial charge is 0.223 e. The lowest BCUT2D eigenvalue weighted by Crippen LogP contribution is -2.46. The van der Waals surface area contributed by atoms with Gasteiger partial charge in [0.2, 0.25) is 5.91 Å². The summed E-state index contributed by atoms with van der Waals surface area (Å²) in [7, 11) is 0. The van der Waals surface area contributed by atoms with Gasteiger partial charge >= 0.3 is 0 Å². The lowest BCUT2D eigenvalue weighted by Gasteiger charge is -2.39. The molecule has 21 heavy (non-hydrogen) atoms. The number of hydrogen-bond acceptors (Lipinski definition) is 3. The van der Waals surface area contributed by atoms with E-state index in [-0.39, 0.29) is 0 Å². The number of rotatable bonds is 7. The minimum absolute atomic E-state index is 0.346. The lowest BCUT2D eigenvalue weighted by atomic mass is 9.79. The third-order valence-corrected chi connectivity index (χ3v) is 5.03. The average Bonchev–Trinajstić information content (AvgIpc) is 2.43. The number of nitrogens with two attached hydrogens (primary N) is 1. The number of carbonyl (C=O) groups is 1. The Balaban J connectivity index is 1.79. The van der Waals surface area contributed by atoms with Gasteiger partial charge in [-0.1, -0.05) is 6.92 Å². The molecule has 0 atom stereocenters. The largest absolute Gasteiger partial charge is 0.378 e. The van der Waals surface area contributed by atoms with Crippen molar-refractivity contribution >= 4 is 5.91 Å². The van der Waals surface area contributed by atoms with E-state index in [9.17, 15) is 4.79 Å². The molecule has 0 saturated heterocycles. The Labute approximate surface area is 129 Å². The fraction of sp³-hybridized carbons (Fsp3) is 0.941. The van der Waals surface area contributed by atoms with E-state index < -0.39 is 0 Å². The maximum Gasteiger partial charge on any atom is 0.223 e. The summed E-state index contributed by atoms with van der Waals surface area (Å²) in [5, 5.41) is 0. The fourth-order valence-electron chi connectivity index (χ4n) is 3.74. The number of carbonyl (C=O) groups excluding carboxylic acids is 1. The topological polar surface area (TPSA) is 55.6 Å². The Morgan fingerprint density at radius 1 is 1.19 bits per heavy atom. The van der Waals surface area contributed by atoms with Crippen LogP contribution in [0.2, 0.25) is 0 Å². The predicted octanol–water partition coefficient (Wildman–Crippen LogP) is 2.70. The highest BCUT2D eigenvalue weighted by Crippen LogP contribution is 2.34. The first kappa shape index (κ1) is 16.8. The van der Waals surface area contributed by atoms with Crippen LogP contribution in [-0.2, 0) is 9.53 Å². The molecule has 0 aliphatic heterocycles. The van der Waals surface area contributed by atoms with Gasteiger partial charge in [-0.3, -0.25) is 4.79 Å². The van der Waals surface area contributed by atoms with Crippen LogP contribution in [-0.4, -0.2) is 42.1 Å². The quantitative estimate of drug-likeness (QED) is 0.786. The van der Waals surface area contributed by atoms with Crippen molar-refractivity contribution < 1.29 is 9.53 Å². The Hall–Kier alpha value is -0.610. The van der Waals surface area contributed by atoms with E-state index in [1.807, 2.05) is 6.92 Å². The zero-order chi connectivity index (χ0) is 15.2. The van der Waals surface area contributed by atoms with Crippen molar-refractivity contribution in [2.24, 2.45) is 11.7 Å². The molecular weight excluding hydrogens is 264 g/mol. The molecule has 2 aliphatic carbocycles. The second-order valence-corrected chi connectivity index (χ2v) is 6.77. The Morgan fingerprint density at radius 2 is 1.86 bits per heavy atom. The standard InChI is InChI=1S/C17H32N2O2/c1-3-9-19(15-7-5-14(18)6-8-15)17(20)12-13-10-16(11-13)21-4-2/h13-16H,3-12,18H2,1-2H3. The summed E-state index contributed by atoms with van der Waals surface area (Å²) < 4.78 is 5.59. The Morgan fingerprint density at radius 3 is 2.43 bits per heavy atom. The molecule has 0 heterocycles. The van der Waals surface area contributed by atoms with Crippen molar-refractivity contribution in [2.75, 3.05) is 13.2 Å². The average molecular weight is 296 g/mol. The summed E-state index contributed by atoms with van der Waals surface area (Å²) in [6.45, 7) is 5.88. The zero-order valence-corrected chi connectivity index (χ0v) is 13.7. The molecule has 4 nitrogen and oxygen atoms in total. The van der Waals surface area contributed by atoms with Gasteiger partial charge in [-0.2, -0.15) is 0 Å². The highest BCUT2D eigenvalue weighted by Gasteiger charge is 2.34. The Kier molecular flexibility index (Phi) is 6.49. The lowest BCUT2D eigenvalue weighted by molar-refractivity contribution is -0.137. The van der Waals surface area contributed by atoms with Crippen molar-refractivity contribution in [1.82, 2.24) is 4.90 Å². The first-order valence-electron chi connectivity index (χ1n) is 8.80. The van der Waals surface area contributed by atoms with E-state index in [4.69, 9.17) is 10.5 Å². The van der Waals surface area contributed by atoms with E-state index in [0.29, 0.717) is 36.4 Å². The molecule has 0 unspecified atom stereocenters. The summed E-state index contributed by atoms with van der Waals surface area (Å²) >= 11 is 0. The van der Waals surface area contributed by atoms with Gasteiger partial charge in [-0.15, -0.1) is 0 Å². The van der Waals surface area contributed by atoms with Crippen LogP contribution in [0.1, 0.15) is 65.2 Å². The first-order valence-corrected chi connectivity index (χ1v) is 8.80. The Bertz CT molecular complexity index is 321. The van der Waals surface area contributed by atoms with Crippen LogP contribution in [0, 0.1) is 5.92 Å². The minimum atomic E-state index is 0.346. The maximum absolute atomic E-state index is 12.6. The summed E-state index contributed by atoms with van der Waals surface area (Å²) in [5.74, 6) is 0.900. The molecule has 2 saturated carbocycles. The van der Waals surface area contributed by atoms with Crippen LogP contribution in [0.3, 0.4) is 0 Å². The van der Waals surface area contributed by atoms with Crippen LogP contribution in [0.25, 0.3) is 0 Å². The monoisotopic (exact) mass is 296 g/mol. The SMILES string of the molecule is CCCN(C(=O)CC1CC(OCC)C1)C1CCC(N)CC1. The summed E-state index contributed by atoms with van der Waals surface area (Å²) in [6, 6.07) is 0.776. The molecule has 4 heteroatoms. The van der Waals surface area contributed by atoms with Gasteiger partial charge in [0, 0.05) is 31.7 Å². The number of hydrogen-bond donors (Lipinski definition) is 1. The molecule has 0 spiro atoms. The van der Waals surface area contributed by atoms with E-state index >= 15 is 0 Å². The van der Waals surface area contributed by atoms with E-state index in [2.05, 4.69) is 11.8 Å². The van der Waals surface area contributed by atoms with Crippen LogP contribution < -0.4 is 5.73 Å². The molecule has 0 aromatic carbocycles. The predicted molar refractivity (Wildman–Crippen MR) is 85.0 cm³/mol. The number of nitrogens with zero attached hydrogens (tertiary/aromatic N) is 1. The fourth-order valence-corrected chi connectivity index (χ4v) is 3.74. The zero-order valence-electron chi connectivity index (χ0n) is 13.7. The molecule has 0 radical (unpaired) electrons. The van der Waals surface area contributed by atoms with Crippen molar-refractivity contribution in [2.45, 2.75) is 83.4 Å². The van der Waals surface area contributed by atoms with Crippen LogP contribution in [0.15, 0.2) is 0 Å². The van der Waals surface area contributed by atoms with Gasteiger partial charge in [0.15, 0.2) is 0 Å². The van der Waals surface area contributed by atoms with E-state index in [1.54, 1.807) is 0 Å². The number of ether oxygens (including phenoxy) is 1. The second-order valence-electron chi connectivity index (χ2n) is 6.77. The van der Waals surface area contributed by atoms with Gasteiger partial charge in [-0.25, -0.2) is 0 Å². The second kappa shape index (κ2) is 8.14.